The highest BCUT2D eigenvalue weighted by Crippen LogP contribution is 2.12. The SMILES string of the molecule is Cc1nn(CC(=O)NCCC(C)C)c(C)c1CO. The number of amides is 1. The summed E-state index contributed by atoms with van der Waals surface area (Å²) in [5, 5.41) is 16.3. The quantitative estimate of drug-likeness (QED) is 0.799. The van der Waals surface area contributed by atoms with Crippen molar-refractivity contribution in [1.82, 2.24) is 15.1 Å². The lowest BCUT2D eigenvalue weighted by atomic mass is 10.1. The van der Waals surface area contributed by atoms with Crippen molar-refractivity contribution in [2.24, 2.45) is 5.92 Å². The molecule has 2 N–H and O–H groups in total. The second-order valence-corrected chi connectivity index (χ2v) is 5.00. The first kappa shape index (κ1) is 14.7. The van der Waals surface area contributed by atoms with Crippen LogP contribution in [0, 0.1) is 19.8 Å². The van der Waals surface area contributed by atoms with Crippen LogP contribution in [0.25, 0.3) is 0 Å². The van der Waals surface area contributed by atoms with Gasteiger partial charge in [-0.1, -0.05) is 13.8 Å². The Morgan fingerprint density at radius 1 is 1.44 bits per heavy atom. The molecule has 18 heavy (non-hydrogen) atoms. The summed E-state index contributed by atoms with van der Waals surface area (Å²) in [6.07, 6.45) is 0.977. The normalized spacial score (nSPS) is 11.0. The second kappa shape index (κ2) is 6.54. The summed E-state index contributed by atoms with van der Waals surface area (Å²) in [7, 11) is 0. The van der Waals surface area contributed by atoms with Crippen LogP contribution in [0.15, 0.2) is 0 Å². The summed E-state index contributed by atoms with van der Waals surface area (Å²) in [5.41, 5.74) is 2.45. The van der Waals surface area contributed by atoms with Gasteiger partial charge in [0.2, 0.25) is 5.91 Å². The first-order valence-corrected chi connectivity index (χ1v) is 6.36. The molecular formula is C13H23N3O2. The van der Waals surface area contributed by atoms with Gasteiger partial charge in [0.25, 0.3) is 0 Å². The molecule has 0 aliphatic heterocycles. The number of hydrogen-bond donors (Lipinski definition) is 2. The molecule has 5 heteroatoms. The predicted molar refractivity (Wildman–Crippen MR) is 70.1 cm³/mol. The lowest BCUT2D eigenvalue weighted by Crippen LogP contribution is -2.29. The van der Waals surface area contributed by atoms with Crippen molar-refractivity contribution in [3.63, 3.8) is 0 Å². The second-order valence-electron chi connectivity index (χ2n) is 5.00. The Morgan fingerprint density at radius 2 is 2.11 bits per heavy atom. The predicted octanol–water partition coefficient (Wildman–Crippen LogP) is 1.15. The summed E-state index contributed by atoms with van der Waals surface area (Å²) in [4.78, 5) is 11.7. The summed E-state index contributed by atoms with van der Waals surface area (Å²) < 4.78 is 1.64. The Bertz CT molecular complexity index is 411. The summed E-state index contributed by atoms with van der Waals surface area (Å²) in [5.74, 6) is 0.547. The minimum atomic E-state index is -0.0364. The summed E-state index contributed by atoms with van der Waals surface area (Å²) >= 11 is 0. The monoisotopic (exact) mass is 253 g/mol. The Labute approximate surface area is 108 Å². The highest BCUT2D eigenvalue weighted by atomic mass is 16.3. The maximum atomic E-state index is 11.7. The third kappa shape index (κ3) is 3.84. The van der Waals surface area contributed by atoms with Crippen LogP contribution in [0.1, 0.15) is 37.2 Å². The zero-order valence-electron chi connectivity index (χ0n) is 11.7. The van der Waals surface area contributed by atoms with Gasteiger partial charge >= 0.3 is 0 Å². The summed E-state index contributed by atoms with van der Waals surface area (Å²) in [6.45, 7) is 8.83. The number of carbonyl (C=O) groups is 1. The zero-order chi connectivity index (χ0) is 13.7. The van der Waals surface area contributed by atoms with Crippen LogP contribution in [0.4, 0.5) is 0 Å². The van der Waals surface area contributed by atoms with Gasteiger partial charge in [0.1, 0.15) is 6.54 Å². The molecule has 5 nitrogen and oxygen atoms in total. The van der Waals surface area contributed by atoms with E-state index < -0.39 is 0 Å². The summed E-state index contributed by atoms with van der Waals surface area (Å²) in [6, 6.07) is 0. The van der Waals surface area contributed by atoms with Crippen molar-refractivity contribution in [2.75, 3.05) is 6.54 Å². The van der Waals surface area contributed by atoms with Gasteiger partial charge in [0, 0.05) is 17.8 Å². The van der Waals surface area contributed by atoms with E-state index in [0.29, 0.717) is 12.5 Å². The van der Waals surface area contributed by atoms with Crippen molar-refractivity contribution < 1.29 is 9.90 Å². The van der Waals surface area contributed by atoms with Crippen LogP contribution >= 0.6 is 0 Å². The van der Waals surface area contributed by atoms with E-state index >= 15 is 0 Å². The van der Waals surface area contributed by atoms with Gasteiger partial charge < -0.3 is 10.4 Å². The van der Waals surface area contributed by atoms with Crippen molar-refractivity contribution in [3.05, 3.63) is 17.0 Å². The lowest BCUT2D eigenvalue weighted by Gasteiger charge is -2.08. The standard InChI is InChI=1S/C13H23N3O2/c1-9(2)5-6-14-13(18)7-16-11(4)12(8-17)10(3)15-16/h9,17H,5-8H2,1-4H3,(H,14,18). The topological polar surface area (TPSA) is 67.2 Å². The first-order chi connectivity index (χ1) is 8.45. The molecule has 0 bridgehead atoms. The molecule has 0 unspecified atom stereocenters. The molecule has 102 valence electrons. The number of rotatable bonds is 6. The Morgan fingerprint density at radius 3 is 2.61 bits per heavy atom. The molecule has 1 aromatic heterocycles. The van der Waals surface area contributed by atoms with Gasteiger partial charge in [-0.3, -0.25) is 9.48 Å². The van der Waals surface area contributed by atoms with Crippen LogP contribution in [-0.2, 0) is 17.9 Å². The largest absolute Gasteiger partial charge is 0.392 e. The number of aromatic nitrogens is 2. The minimum absolute atomic E-state index is 0.0351. The maximum absolute atomic E-state index is 11.7. The van der Waals surface area contributed by atoms with Gasteiger partial charge in [0.05, 0.1) is 12.3 Å². The molecule has 0 fully saturated rings. The number of nitrogens with one attached hydrogen (secondary N) is 1. The highest BCUT2D eigenvalue weighted by Gasteiger charge is 2.12. The molecule has 1 heterocycles. The number of nitrogens with zero attached hydrogens (tertiary/aromatic N) is 2. The smallest absolute Gasteiger partial charge is 0.241 e. The van der Waals surface area contributed by atoms with Crippen molar-refractivity contribution in [2.45, 2.75) is 47.3 Å². The molecule has 0 aliphatic carbocycles. The van der Waals surface area contributed by atoms with Gasteiger partial charge in [-0.2, -0.15) is 5.10 Å². The molecule has 0 aliphatic rings. The molecule has 0 radical (unpaired) electrons. The van der Waals surface area contributed by atoms with Crippen molar-refractivity contribution >= 4 is 5.91 Å². The number of aliphatic hydroxyl groups is 1. The third-order valence-corrected chi connectivity index (χ3v) is 3.03. The van der Waals surface area contributed by atoms with Crippen LogP contribution in [0.5, 0.6) is 0 Å². The van der Waals surface area contributed by atoms with Gasteiger partial charge in [-0.15, -0.1) is 0 Å². The first-order valence-electron chi connectivity index (χ1n) is 6.36. The van der Waals surface area contributed by atoms with E-state index in [0.717, 1.165) is 23.4 Å². The van der Waals surface area contributed by atoms with Gasteiger partial charge in [0.15, 0.2) is 0 Å². The number of aliphatic hydroxyl groups excluding tert-OH is 1. The van der Waals surface area contributed by atoms with Crippen molar-refractivity contribution in [3.8, 4) is 0 Å². The Hall–Kier alpha value is -1.36. The Kier molecular flexibility index (Phi) is 5.34. The van der Waals surface area contributed by atoms with E-state index in [-0.39, 0.29) is 19.1 Å². The van der Waals surface area contributed by atoms with Crippen LogP contribution in [0.2, 0.25) is 0 Å². The zero-order valence-corrected chi connectivity index (χ0v) is 11.7. The maximum Gasteiger partial charge on any atom is 0.241 e. The van der Waals surface area contributed by atoms with E-state index in [4.69, 9.17) is 0 Å². The average molecular weight is 253 g/mol. The molecule has 0 aromatic carbocycles. The van der Waals surface area contributed by atoms with Crippen LogP contribution < -0.4 is 5.32 Å². The molecule has 1 aromatic rings. The van der Waals surface area contributed by atoms with E-state index in [2.05, 4.69) is 24.3 Å². The number of hydrogen-bond acceptors (Lipinski definition) is 3. The van der Waals surface area contributed by atoms with Crippen LogP contribution in [-0.4, -0.2) is 27.3 Å². The molecular weight excluding hydrogens is 230 g/mol. The molecule has 1 amide bonds. The molecule has 0 saturated heterocycles. The fourth-order valence-corrected chi connectivity index (χ4v) is 1.81. The van der Waals surface area contributed by atoms with Gasteiger partial charge in [-0.25, -0.2) is 0 Å². The fourth-order valence-electron chi connectivity index (χ4n) is 1.81. The Balaban J connectivity index is 2.54. The molecule has 0 atom stereocenters. The fraction of sp³-hybridized carbons (Fsp3) is 0.692. The average Bonchev–Trinajstić information content (AvgIpc) is 2.53. The van der Waals surface area contributed by atoms with Crippen LogP contribution in [0.3, 0.4) is 0 Å². The minimum Gasteiger partial charge on any atom is -0.392 e. The van der Waals surface area contributed by atoms with E-state index in [9.17, 15) is 9.90 Å². The molecule has 0 spiro atoms. The highest BCUT2D eigenvalue weighted by molar-refractivity contribution is 5.75. The molecule has 1 rings (SSSR count). The number of aryl methyl sites for hydroxylation is 1. The van der Waals surface area contributed by atoms with Crippen molar-refractivity contribution in [1.29, 1.82) is 0 Å². The third-order valence-electron chi connectivity index (χ3n) is 3.03. The van der Waals surface area contributed by atoms with Gasteiger partial charge in [-0.05, 0) is 26.2 Å². The van der Waals surface area contributed by atoms with E-state index in [1.54, 1.807) is 4.68 Å². The van der Waals surface area contributed by atoms with E-state index in [1.807, 2.05) is 13.8 Å². The van der Waals surface area contributed by atoms with E-state index in [1.165, 1.54) is 0 Å². The lowest BCUT2D eigenvalue weighted by molar-refractivity contribution is -0.121. The molecule has 0 saturated carbocycles. The number of carbonyl (C=O) groups excluding carboxylic acids is 1.